The lowest BCUT2D eigenvalue weighted by Crippen LogP contribution is -2.14. The molecule has 0 saturated carbocycles. The molecule has 0 fully saturated rings. The van der Waals surface area contributed by atoms with E-state index in [4.69, 9.17) is 0 Å². The highest BCUT2D eigenvalue weighted by Gasteiger charge is 2.13. The summed E-state index contributed by atoms with van der Waals surface area (Å²) in [6.07, 6.45) is 0.0549. The Bertz CT molecular complexity index is 857. The number of rotatable bonds is 6. The Labute approximate surface area is 151 Å². The molecule has 6 heteroatoms. The van der Waals surface area contributed by atoms with Gasteiger partial charge in [0, 0.05) is 18.4 Å². The molecular weight excluding hydrogens is 334 g/mol. The lowest BCUT2D eigenvalue weighted by molar-refractivity contribution is -0.116. The second-order valence-electron chi connectivity index (χ2n) is 5.99. The molecule has 0 atom stereocenters. The van der Waals surface area contributed by atoms with Crippen LogP contribution in [0.15, 0.2) is 36.4 Å². The van der Waals surface area contributed by atoms with Gasteiger partial charge in [0.2, 0.25) is 5.91 Å². The van der Waals surface area contributed by atoms with E-state index in [9.17, 15) is 19.5 Å². The van der Waals surface area contributed by atoms with Crippen molar-refractivity contribution in [2.24, 2.45) is 0 Å². The molecule has 0 radical (unpaired) electrons. The van der Waals surface area contributed by atoms with Crippen LogP contribution in [0.2, 0.25) is 0 Å². The van der Waals surface area contributed by atoms with E-state index in [0.717, 1.165) is 11.1 Å². The molecule has 6 nitrogen and oxygen atoms in total. The lowest BCUT2D eigenvalue weighted by atomic mass is 10.0. The highest BCUT2D eigenvalue weighted by Crippen LogP contribution is 2.25. The molecule has 26 heavy (non-hydrogen) atoms. The maximum absolute atomic E-state index is 12.2. The fraction of sp³-hybridized carbons (Fsp3) is 0.250. The van der Waals surface area contributed by atoms with E-state index in [1.165, 1.54) is 25.3 Å². The van der Waals surface area contributed by atoms with Gasteiger partial charge in [0.05, 0.1) is 18.4 Å². The van der Waals surface area contributed by atoms with Crippen LogP contribution >= 0.6 is 0 Å². The first-order valence-electron chi connectivity index (χ1n) is 8.13. The number of ether oxygens (including phenoxy) is 1. The molecule has 0 saturated heterocycles. The van der Waals surface area contributed by atoms with Crippen LogP contribution in [-0.4, -0.2) is 29.9 Å². The van der Waals surface area contributed by atoms with Crippen LogP contribution in [0.25, 0.3) is 0 Å². The minimum Gasteiger partial charge on any atom is -0.506 e. The zero-order valence-electron chi connectivity index (χ0n) is 15.0. The van der Waals surface area contributed by atoms with Crippen LogP contribution in [0.3, 0.4) is 0 Å². The Morgan fingerprint density at radius 3 is 2.27 bits per heavy atom. The number of methoxy groups -OCH3 is 1. The van der Waals surface area contributed by atoms with Gasteiger partial charge in [0.25, 0.3) is 0 Å². The van der Waals surface area contributed by atoms with Crippen molar-refractivity contribution in [3.8, 4) is 5.75 Å². The number of ketones is 1. The number of aryl methyl sites for hydroxylation is 2. The number of carbonyl (C=O) groups excluding carboxylic acids is 3. The van der Waals surface area contributed by atoms with Crippen molar-refractivity contribution in [2.75, 3.05) is 12.4 Å². The van der Waals surface area contributed by atoms with Crippen LogP contribution in [0.4, 0.5) is 5.69 Å². The molecule has 0 unspecified atom stereocenters. The third-order valence-corrected chi connectivity index (χ3v) is 4.10. The normalized spacial score (nSPS) is 10.3. The van der Waals surface area contributed by atoms with E-state index in [2.05, 4.69) is 10.1 Å². The summed E-state index contributed by atoms with van der Waals surface area (Å²) in [4.78, 5) is 35.6. The minimum atomic E-state index is -0.586. The molecule has 2 N–H and O–H groups in total. The molecule has 0 aliphatic carbocycles. The Morgan fingerprint density at radius 2 is 1.65 bits per heavy atom. The number of hydrogen-bond donors (Lipinski definition) is 2. The average molecular weight is 355 g/mol. The molecular formula is C20H21NO5. The van der Waals surface area contributed by atoms with Crippen molar-refractivity contribution in [1.29, 1.82) is 0 Å². The van der Waals surface area contributed by atoms with Gasteiger partial charge in [-0.3, -0.25) is 9.59 Å². The quantitative estimate of drug-likeness (QED) is 0.471. The number of aromatic hydroxyl groups is 1. The van der Waals surface area contributed by atoms with Crippen molar-refractivity contribution in [3.05, 3.63) is 58.7 Å². The van der Waals surface area contributed by atoms with Crippen molar-refractivity contribution in [2.45, 2.75) is 26.7 Å². The first-order chi connectivity index (χ1) is 12.3. The summed E-state index contributed by atoms with van der Waals surface area (Å²) in [5.74, 6) is -1.35. The summed E-state index contributed by atoms with van der Waals surface area (Å²) < 4.78 is 4.56. The van der Waals surface area contributed by atoms with Crippen LogP contribution in [-0.2, 0) is 9.53 Å². The van der Waals surface area contributed by atoms with E-state index in [1.807, 2.05) is 26.0 Å². The monoisotopic (exact) mass is 355 g/mol. The predicted octanol–water partition coefficient (Wildman–Crippen LogP) is 3.40. The molecule has 0 aliphatic rings. The van der Waals surface area contributed by atoms with Crippen molar-refractivity contribution in [1.82, 2.24) is 0 Å². The van der Waals surface area contributed by atoms with Crippen LogP contribution in [0, 0.1) is 13.8 Å². The Balaban J connectivity index is 1.95. The van der Waals surface area contributed by atoms with E-state index in [-0.39, 0.29) is 35.6 Å². The van der Waals surface area contributed by atoms with Gasteiger partial charge in [-0.1, -0.05) is 12.1 Å². The Hall–Kier alpha value is -3.15. The topological polar surface area (TPSA) is 92.7 Å². The van der Waals surface area contributed by atoms with Gasteiger partial charge < -0.3 is 15.2 Å². The van der Waals surface area contributed by atoms with Crippen LogP contribution in [0.1, 0.15) is 44.7 Å². The van der Waals surface area contributed by atoms with Crippen molar-refractivity contribution < 1.29 is 24.2 Å². The molecule has 1 amide bonds. The molecule has 2 aromatic carbocycles. The number of esters is 1. The number of hydrogen-bond acceptors (Lipinski definition) is 5. The highest BCUT2D eigenvalue weighted by molar-refractivity contribution is 6.00. The SMILES string of the molecule is COC(=O)c1ccc(NC(=O)CCC(=O)c2ccc(C)c(C)c2)c(O)c1. The van der Waals surface area contributed by atoms with E-state index >= 15 is 0 Å². The molecule has 0 bridgehead atoms. The zero-order valence-corrected chi connectivity index (χ0v) is 15.0. The van der Waals surface area contributed by atoms with Gasteiger partial charge in [0.1, 0.15) is 5.75 Å². The first kappa shape index (κ1) is 19.2. The summed E-state index contributed by atoms with van der Waals surface area (Å²) in [5, 5.41) is 12.4. The largest absolute Gasteiger partial charge is 0.506 e. The maximum Gasteiger partial charge on any atom is 0.337 e. The van der Waals surface area contributed by atoms with Crippen LogP contribution < -0.4 is 5.32 Å². The number of anilines is 1. The summed E-state index contributed by atoms with van der Waals surface area (Å²) >= 11 is 0. The van der Waals surface area contributed by atoms with Crippen molar-refractivity contribution in [3.63, 3.8) is 0 Å². The number of Topliss-reactive ketones (excluding diaryl/α,β-unsaturated/α-hetero) is 1. The number of amides is 1. The third-order valence-electron chi connectivity index (χ3n) is 4.10. The summed E-state index contributed by atoms with van der Waals surface area (Å²) in [5.41, 5.74) is 3.04. The van der Waals surface area contributed by atoms with E-state index in [1.54, 1.807) is 6.07 Å². The fourth-order valence-electron chi connectivity index (χ4n) is 2.38. The van der Waals surface area contributed by atoms with E-state index < -0.39 is 11.9 Å². The predicted molar refractivity (Wildman–Crippen MR) is 97.6 cm³/mol. The van der Waals surface area contributed by atoms with Gasteiger partial charge >= 0.3 is 5.97 Å². The zero-order chi connectivity index (χ0) is 19.3. The molecule has 2 aromatic rings. The molecule has 0 spiro atoms. The second-order valence-corrected chi connectivity index (χ2v) is 5.99. The highest BCUT2D eigenvalue weighted by atomic mass is 16.5. The van der Waals surface area contributed by atoms with Gasteiger partial charge in [0.15, 0.2) is 5.78 Å². The lowest BCUT2D eigenvalue weighted by Gasteiger charge is -2.09. The Morgan fingerprint density at radius 1 is 0.962 bits per heavy atom. The Kier molecular flexibility index (Phi) is 6.11. The summed E-state index contributed by atoms with van der Waals surface area (Å²) in [7, 11) is 1.24. The van der Waals surface area contributed by atoms with Gasteiger partial charge in [-0.2, -0.15) is 0 Å². The third kappa shape index (κ3) is 4.69. The van der Waals surface area contributed by atoms with Gasteiger partial charge in [-0.15, -0.1) is 0 Å². The number of phenolic OH excluding ortho intramolecular Hbond substituents is 1. The van der Waals surface area contributed by atoms with Gasteiger partial charge in [-0.05, 0) is 49.2 Å². The first-order valence-corrected chi connectivity index (χ1v) is 8.13. The number of benzene rings is 2. The van der Waals surface area contributed by atoms with Gasteiger partial charge in [-0.25, -0.2) is 4.79 Å². The van der Waals surface area contributed by atoms with Crippen LogP contribution in [0.5, 0.6) is 5.75 Å². The fourth-order valence-corrected chi connectivity index (χ4v) is 2.38. The smallest absolute Gasteiger partial charge is 0.337 e. The van der Waals surface area contributed by atoms with E-state index in [0.29, 0.717) is 5.56 Å². The molecule has 2 rings (SSSR count). The summed E-state index contributed by atoms with van der Waals surface area (Å²) in [6, 6.07) is 9.49. The standard InChI is InChI=1S/C20H21NO5/c1-12-4-5-14(10-13(12)2)17(22)8-9-19(24)21-16-7-6-15(11-18(16)23)20(25)26-3/h4-7,10-11,23H,8-9H2,1-3H3,(H,21,24). The maximum atomic E-state index is 12.2. The van der Waals surface area contributed by atoms with Crippen molar-refractivity contribution >= 4 is 23.3 Å². The minimum absolute atomic E-state index is 0.00997. The molecule has 0 heterocycles. The molecule has 136 valence electrons. The summed E-state index contributed by atoms with van der Waals surface area (Å²) in [6.45, 7) is 3.90. The number of nitrogens with one attached hydrogen (secondary N) is 1. The average Bonchev–Trinajstić information content (AvgIpc) is 2.62. The molecule has 0 aromatic heterocycles. The second kappa shape index (κ2) is 8.29. The number of phenols is 1. The number of carbonyl (C=O) groups is 3. The molecule has 0 aliphatic heterocycles.